The fourth-order valence-corrected chi connectivity index (χ4v) is 3.16. The topological polar surface area (TPSA) is 29.1 Å². The fraction of sp³-hybridized carbons (Fsp3) is 0.929. The minimum absolute atomic E-state index is 0.117. The highest BCUT2D eigenvalue weighted by Crippen LogP contribution is 2.30. The van der Waals surface area contributed by atoms with Gasteiger partial charge >= 0.3 is 0 Å². The lowest BCUT2D eigenvalue weighted by atomic mass is 9.83. The number of carbonyl (C=O) groups excluding carboxylic acids is 1. The van der Waals surface area contributed by atoms with Crippen LogP contribution < -0.4 is 5.32 Å². The lowest BCUT2D eigenvalue weighted by Gasteiger charge is -2.30. The van der Waals surface area contributed by atoms with Gasteiger partial charge in [0.25, 0.3) is 0 Å². The Morgan fingerprint density at radius 2 is 1.88 bits per heavy atom. The van der Waals surface area contributed by atoms with Gasteiger partial charge in [0, 0.05) is 15.9 Å². The van der Waals surface area contributed by atoms with Crippen LogP contribution in [-0.2, 0) is 4.79 Å². The zero-order chi connectivity index (χ0) is 12.8. The molecule has 0 aromatic rings. The van der Waals surface area contributed by atoms with Crippen LogP contribution in [0.5, 0.6) is 0 Å². The van der Waals surface area contributed by atoms with Crippen LogP contribution in [0.25, 0.3) is 0 Å². The summed E-state index contributed by atoms with van der Waals surface area (Å²) in [5.74, 6) is 1.23. The summed E-state index contributed by atoms with van der Waals surface area (Å²) in [5, 5.41) is 3.17. The molecule has 0 saturated heterocycles. The van der Waals surface area contributed by atoms with Crippen LogP contribution in [0, 0.1) is 11.8 Å². The number of carbonyl (C=O) groups is 1. The van der Waals surface area contributed by atoms with Crippen molar-refractivity contribution in [3.05, 3.63) is 0 Å². The van der Waals surface area contributed by atoms with Crippen molar-refractivity contribution in [2.24, 2.45) is 11.8 Å². The van der Waals surface area contributed by atoms with Gasteiger partial charge in [0.1, 0.15) is 0 Å². The first-order valence-corrected chi connectivity index (χ1v) is 8.21. The van der Waals surface area contributed by atoms with Crippen LogP contribution >= 0.6 is 22.6 Å². The van der Waals surface area contributed by atoms with Crippen LogP contribution in [0.4, 0.5) is 0 Å². The summed E-state index contributed by atoms with van der Waals surface area (Å²) in [7, 11) is 0. The third-order valence-electron chi connectivity index (χ3n) is 3.75. The second-order valence-electron chi connectivity index (χ2n) is 5.62. The number of hydrogen-bond donors (Lipinski definition) is 1. The van der Waals surface area contributed by atoms with Gasteiger partial charge < -0.3 is 5.32 Å². The molecule has 0 aromatic heterocycles. The Labute approximate surface area is 119 Å². The molecule has 0 radical (unpaired) electrons. The Balaban J connectivity index is 2.24. The van der Waals surface area contributed by atoms with E-state index in [4.69, 9.17) is 0 Å². The molecule has 1 aliphatic carbocycles. The Kier molecular flexibility index (Phi) is 6.82. The predicted molar refractivity (Wildman–Crippen MR) is 81.4 cm³/mol. The highest BCUT2D eigenvalue weighted by molar-refractivity contribution is 14.1. The number of amides is 1. The van der Waals surface area contributed by atoms with E-state index in [2.05, 4.69) is 34.8 Å². The molecule has 3 heteroatoms. The molecule has 100 valence electrons. The number of halogens is 1. The van der Waals surface area contributed by atoms with E-state index in [1.807, 2.05) is 13.8 Å². The minimum Gasteiger partial charge on any atom is -0.353 e. The van der Waals surface area contributed by atoms with Gasteiger partial charge in [0.05, 0.1) is 0 Å². The monoisotopic (exact) mass is 351 g/mol. The molecule has 17 heavy (non-hydrogen) atoms. The summed E-state index contributed by atoms with van der Waals surface area (Å²) in [6, 6.07) is 0.440. The lowest BCUT2D eigenvalue weighted by molar-refractivity contribution is -0.125. The zero-order valence-electron chi connectivity index (χ0n) is 11.3. The second-order valence-corrected chi connectivity index (χ2v) is 7.38. The Hall–Kier alpha value is 0.200. The standard InChI is InChI=1S/C14H26INO/c1-4-12(15)9-11-5-7-13(8-6-11)16-14(17)10(2)3/h10-13H,4-9H2,1-3H3,(H,16,17). The zero-order valence-corrected chi connectivity index (χ0v) is 13.5. The van der Waals surface area contributed by atoms with Gasteiger partial charge in [-0.15, -0.1) is 0 Å². The lowest BCUT2D eigenvalue weighted by Crippen LogP contribution is -2.39. The molecule has 2 nitrogen and oxygen atoms in total. The van der Waals surface area contributed by atoms with Crippen LogP contribution in [0.15, 0.2) is 0 Å². The number of alkyl halides is 1. The number of nitrogens with one attached hydrogen (secondary N) is 1. The molecule has 0 aromatic carbocycles. The van der Waals surface area contributed by atoms with Crippen molar-refractivity contribution >= 4 is 28.5 Å². The average molecular weight is 351 g/mol. The maximum atomic E-state index is 11.6. The maximum absolute atomic E-state index is 11.6. The van der Waals surface area contributed by atoms with Crippen LogP contribution in [0.3, 0.4) is 0 Å². The molecule has 1 amide bonds. The van der Waals surface area contributed by atoms with E-state index in [0.29, 0.717) is 6.04 Å². The highest BCUT2D eigenvalue weighted by Gasteiger charge is 2.24. The maximum Gasteiger partial charge on any atom is 0.222 e. The molecule has 1 aliphatic rings. The predicted octanol–water partition coefficient (Wildman–Crippen LogP) is 3.92. The van der Waals surface area contributed by atoms with Crippen molar-refractivity contribution in [2.75, 3.05) is 0 Å². The summed E-state index contributed by atoms with van der Waals surface area (Å²) in [6.07, 6.45) is 7.59. The van der Waals surface area contributed by atoms with Gasteiger partial charge in [-0.1, -0.05) is 43.4 Å². The summed E-state index contributed by atoms with van der Waals surface area (Å²) in [6.45, 7) is 6.19. The highest BCUT2D eigenvalue weighted by atomic mass is 127. The van der Waals surface area contributed by atoms with Crippen molar-refractivity contribution < 1.29 is 4.79 Å². The first kappa shape index (κ1) is 15.3. The van der Waals surface area contributed by atoms with Gasteiger partial charge in [-0.25, -0.2) is 0 Å². The van der Waals surface area contributed by atoms with Gasteiger partial charge in [-0.2, -0.15) is 0 Å². The van der Waals surface area contributed by atoms with Gasteiger partial charge in [0.15, 0.2) is 0 Å². The van der Waals surface area contributed by atoms with Crippen molar-refractivity contribution in [1.82, 2.24) is 5.32 Å². The van der Waals surface area contributed by atoms with E-state index in [1.165, 1.54) is 38.5 Å². The molecule has 0 spiro atoms. The number of rotatable bonds is 5. The van der Waals surface area contributed by atoms with Crippen LogP contribution in [0.1, 0.15) is 59.3 Å². The first-order chi connectivity index (χ1) is 8.02. The Morgan fingerprint density at radius 1 is 1.29 bits per heavy atom. The molecule has 1 unspecified atom stereocenters. The van der Waals surface area contributed by atoms with Crippen molar-refractivity contribution in [3.63, 3.8) is 0 Å². The third kappa shape index (κ3) is 5.58. The average Bonchev–Trinajstić information content (AvgIpc) is 2.31. The molecule has 1 saturated carbocycles. The van der Waals surface area contributed by atoms with E-state index in [9.17, 15) is 4.79 Å². The SMILES string of the molecule is CCC(I)CC1CCC(NC(=O)C(C)C)CC1. The van der Waals surface area contributed by atoms with E-state index < -0.39 is 0 Å². The van der Waals surface area contributed by atoms with Gasteiger partial charge in [0.2, 0.25) is 5.91 Å². The summed E-state index contributed by atoms with van der Waals surface area (Å²) in [4.78, 5) is 11.6. The van der Waals surface area contributed by atoms with Crippen LogP contribution in [-0.4, -0.2) is 15.9 Å². The van der Waals surface area contributed by atoms with E-state index in [0.717, 1.165) is 9.84 Å². The van der Waals surface area contributed by atoms with Crippen LogP contribution in [0.2, 0.25) is 0 Å². The quantitative estimate of drug-likeness (QED) is 0.590. The van der Waals surface area contributed by atoms with Crippen molar-refractivity contribution in [3.8, 4) is 0 Å². The number of hydrogen-bond acceptors (Lipinski definition) is 1. The molecule has 0 bridgehead atoms. The van der Waals surface area contributed by atoms with E-state index >= 15 is 0 Å². The molecule has 0 heterocycles. The second kappa shape index (κ2) is 7.59. The van der Waals surface area contributed by atoms with Crippen molar-refractivity contribution in [1.29, 1.82) is 0 Å². The summed E-state index contributed by atoms with van der Waals surface area (Å²) in [5.41, 5.74) is 0. The molecule has 0 aliphatic heterocycles. The molecule has 1 rings (SSSR count). The minimum atomic E-state index is 0.117. The largest absolute Gasteiger partial charge is 0.353 e. The Morgan fingerprint density at radius 3 is 2.35 bits per heavy atom. The normalized spacial score (nSPS) is 26.9. The van der Waals surface area contributed by atoms with Crippen molar-refractivity contribution in [2.45, 2.75) is 69.3 Å². The summed E-state index contributed by atoms with van der Waals surface area (Å²) < 4.78 is 0.833. The smallest absolute Gasteiger partial charge is 0.222 e. The molecular formula is C14H26INO. The van der Waals surface area contributed by atoms with Gasteiger partial charge in [-0.3, -0.25) is 4.79 Å². The molecular weight excluding hydrogens is 325 g/mol. The molecule has 1 fully saturated rings. The summed E-state index contributed by atoms with van der Waals surface area (Å²) >= 11 is 2.57. The van der Waals surface area contributed by atoms with E-state index in [1.54, 1.807) is 0 Å². The van der Waals surface area contributed by atoms with Gasteiger partial charge in [-0.05, 0) is 44.4 Å². The first-order valence-electron chi connectivity index (χ1n) is 6.97. The molecule has 1 N–H and O–H groups in total. The third-order valence-corrected chi connectivity index (χ3v) is 5.14. The molecule has 1 atom stereocenters. The van der Waals surface area contributed by atoms with E-state index in [-0.39, 0.29) is 11.8 Å². The Bertz CT molecular complexity index is 234. The fourth-order valence-electron chi connectivity index (χ4n) is 2.44.